The molecule has 234 valence electrons. The molecule has 0 saturated heterocycles. The van der Waals surface area contributed by atoms with Gasteiger partial charge in [0.15, 0.2) is 15.5 Å². The van der Waals surface area contributed by atoms with Crippen molar-refractivity contribution in [3.8, 4) is 5.75 Å². The molecule has 2 amide bonds. The van der Waals surface area contributed by atoms with E-state index in [1.165, 1.54) is 43.1 Å². The van der Waals surface area contributed by atoms with E-state index in [0.29, 0.717) is 10.7 Å². The molecule has 3 rings (SSSR count). The Labute approximate surface area is 254 Å². The molecular formula is C27H34ClN5O9S. The largest absolute Gasteiger partial charge is 0.495 e. The van der Waals surface area contributed by atoms with Crippen LogP contribution in [-0.2, 0) is 28.8 Å². The van der Waals surface area contributed by atoms with E-state index in [4.69, 9.17) is 30.5 Å². The third-order valence-corrected chi connectivity index (χ3v) is 7.18. The number of methoxy groups -OCH3 is 1. The van der Waals surface area contributed by atoms with Crippen LogP contribution in [0.25, 0.3) is 5.65 Å². The van der Waals surface area contributed by atoms with Crippen molar-refractivity contribution in [1.82, 2.24) is 19.5 Å². The Hall–Kier alpha value is -4.11. The lowest BCUT2D eigenvalue weighted by Crippen LogP contribution is -2.48. The summed E-state index contributed by atoms with van der Waals surface area (Å²) in [5.41, 5.74) is -0.411. The first-order valence-electron chi connectivity index (χ1n) is 12.9. The normalized spacial score (nSPS) is 12.5. The van der Waals surface area contributed by atoms with Crippen LogP contribution in [0.1, 0.15) is 34.6 Å². The minimum Gasteiger partial charge on any atom is -0.495 e. The Morgan fingerprint density at radius 2 is 1.74 bits per heavy atom. The average Bonchev–Trinajstić information content (AvgIpc) is 3.29. The summed E-state index contributed by atoms with van der Waals surface area (Å²) in [4.78, 5) is 45.3. The third-order valence-electron chi connectivity index (χ3n) is 5.84. The van der Waals surface area contributed by atoms with E-state index in [1.54, 1.807) is 46.8 Å². The number of ether oxygens (including phenoxy) is 4. The van der Waals surface area contributed by atoms with Gasteiger partial charge in [-0.05, 0) is 51.0 Å². The number of likely N-dealkylation sites (N-methyl/N-ethyl adjacent to an activating group) is 1. The number of esters is 1. The maximum Gasteiger partial charge on any atom is 0.424 e. The Morgan fingerprint density at radius 3 is 2.33 bits per heavy atom. The maximum atomic E-state index is 13.5. The summed E-state index contributed by atoms with van der Waals surface area (Å²) in [6.45, 7) is 7.69. The lowest BCUT2D eigenvalue weighted by atomic mass is 10.0. The lowest BCUT2D eigenvalue weighted by Gasteiger charge is -2.31. The molecule has 16 heteroatoms. The molecule has 0 spiro atoms. The maximum absolute atomic E-state index is 13.5. The number of pyridine rings is 1. The van der Waals surface area contributed by atoms with Crippen molar-refractivity contribution < 1.29 is 41.7 Å². The van der Waals surface area contributed by atoms with Crippen LogP contribution in [0.5, 0.6) is 5.75 Å². The molecule has 0 radical (unpaired) electrons. The summed E-state index contributed by atoms with van der Waals surface area (Å²) < 4.78 is 46.8. The number of rotatable bonds is 9. The van der Waals surface area contributed by atoms with Gasteiger partial charge in [0.1, 0.15) is 17.4 Å². The summed E-state index contributed by atoms with van der Waals surface area (Å²) in [6.07, 6.45) is 0.686. The van der Waals surface area contributed by atoms with Crippen LogP contribution < -0.4 is 9.64 Å². The molecule has 14 nitrogen and oxygen atoms in total. The van der Waals surface area contributed by atoms with E-state index in [9.17, 15) is 22.8 Å². The monoisotopic (exact) mass is 639 g/mol. The van der Waals surface area contributed by atoms with E-state index >= 15 is 0 Å². The molecule has 1 aromatic carbocycles. The van der Waals surface area contributed by atoms with E-state index in [1.807, 2.05) is 0 Å². The summed E-state index contributed by atoms with van der Waals surface area (Å²) in [5, 5.41) is 4.65. The fourth-order valence-electron chi connectivity index (χ4n) is 3.91. The number of hydrogen-bond acceptors (Lipinski definition) is 11. The van der Waals surface area contributed by atoms with Crippen molar-refractivity contribution in [2.45, 2.75) is 51.2 Å². The molecule has 0 fully saturated rings. The van der Waals surface area contributed by atoms with Gasteiger partial charge in [0.2, 0.25) is 6.79 Å². The molecule has 0 N–H and O–H groups in total. The zero-order valence-corrected chi connectivity index (χ0v) is 26.6. The van der Waals surface area contributed by atoms with E-state index in [0.717, 1.165) is 16.1 Å². The van der Waals surface area contributed by atoms with Crippen molar-refractivity contribution in [1.29, 1.82) is 0 Å². The molecule has 0 unspecified atom stereocenters. The minimum atomic E-state index is -3.61. The number of aromatic nitrogens is 3. The zero-order chi connectivity index (χ0) is 32.3. The number of halogens is 1. The van der Waals surface area contributed by atoms with Gasteiger partial charge in [0.25, 0.3) is 5.95 Å². The molecule has 2 heterocycles. The van der Waals surface area contributed by atoms with Gasteiger partial charge in [-0.1, -0.05) is 25.4 Å². The number of fused-ring (bicyclic) bond motifs is 1. The predicted molar refractivity (Wildman–Crippen MR) is 156 cm³/mol. The van der Waals surface area contributed by atoms with Gasteiger partial charge < -0.3 is 18.9 Å². The second-order valence-corrected chi connectivity index (χ2v) is 13.2. The summed E-state index contributed by atoms with van der Waals surface area (Å²) in [6, 6.07) is 5.95. The van der Waals surface area contributed by atoms with Crippen molar-refractivity contribution in [3.05, 3.63) is 41.6 Å². The van der Waals surface area contributed by atoms with Gasteiger partial charge in [-0.2, -0.15) is 4.98 Å². The number of carbonyl (C=O) groups excluding carboxylic acids is 3. The first-order valence-corrected chi connectivity index (χ1v) is 15.2. The van der Waals surface area contributed by atoms with Crippen molar-refractivity contribution in [2.24, 2.45) is 5.92 Å². The van der Waals surface area contributed by atoms with Crippen LogP contribution in [-0.4, -0.2) is 84.9 Å². The topological polar surface area (TPSA) is 159 Å². The van der Waals surface area contributed by atoms with E-state index < -0.39 is 46.4 Å². The van der Waals surface area contributed by atoms with Gasteiger partial charge in [-0.15, -0.1) is 5.10 Å². The van der Waals surface area contributed by atoms with Crippen LogP contribution in [0.4, 0.5) is 21.2 Å². The summed E-state index contributed by atoms with van der Waals surface area (Å²) >= 11 is 6.06. The molecule has 1 atom stereocenters. The molecular weight excluding hydrogens is 606 g/mol. The van der Waals surface area contributed by atoms with Crippen molar-refractivity contribution in [2.75, 3.05) is 32.1 Å². The van der Waals surface area contributed by atoms with Crippen LogP contribution >= 0.6 is 11.6 Å². The molecule has 3 aromatic rings. The standard InChI is InChI=1S/C27H34ClN5O9S/c1-16(2)22(31(6)25(35)42-27(3,4)5)23(34)40-15-41-26(36)33(24-29-21-12-9-17(28)14-32(21)30-24)19-11-10-18(43(8,37)38)13-20(19)39-7/h9-14,16,22H,15H2,1-8H3/t22-/m0/s1. The average molecular weight is 640 g/mol. The first-order chi connectivity index (χ1) is 19.9. The van der Waals surface area contributed by atoms with E-state index in [-0.39, 0.29) is 28.2 Å². The van der Waals surface area contributed by atoms with Crippen molar-refractivity contribution >= 4 is 56.9 Å². The highest BCUT2D eigenvalue weighted by Gasteiger charge is 2.34. The molecule has 0 aliphatic rings. The van der Waals surface area contributed by atoms with Crippen LogP contribution in [0, 0.1) is 5.92 Å². The highest BCUT2D eigenvalue weighted by Crippen LogP contribution is 2.35. The number of hydrogen-bond donors (Lipinski definition) is 0. The number of sulfone groups is 1. The van der Waals surface area contributed by atoms with Crippen LogP contribution in [0.15, 0.2) is 41.4 Å². The smallest absolute Gasteiger partial charge is 0.424 e. The summed E-state index contributed by atoms with van der Waals surface area (Å²) in [7, 11) is -0.913. The molecule has 0 bridgehead atoms. The van der Waals surface area contributed by atoms with Gasteiger partial charge in [0, 0.05) is 25.6 Å². The Kier molecular flexibility index (Phi) is 10.1. The highest BCUT2D eigenvalue weighted by atomic mass is 35.5. The Balaban J connectivity index is 1.89. The lowest BCUT2D eigenvalue weighted by molar-refractivity contribution is -0.159. The number of nitrogens with zero attached hydrogens (tertiary/aromatic N) is 5. The van der Waals surface area contributed by atoms with Crippen LogP contribution in [0.3, 0.4) is 0 Å². The second-order valence-electron chi connectivity index (χ2n) is 10.8. The number of benzene rings is 1. The van der Waals surface area contributed by atoms with Gasteiger partial charge in [-0.3, -0.25) is 4.90 Å². The van der Waals surface area contributed by atoms with Gasteiger partial charge in [0.05, 0.1) is 22.7 Å². The SMILES string of the molecule is COc1cc(S(C)(=O)=O)ccc1N(C(=O)OCOC(=O)[C@H](C(C)C)N(C)C(=O)OC(C)(C)C)c1nc2ccc(Cl)cn2n1. The van der Waals surface area contributed by atoms with E-state index in [2.05, 4.69) is 10.1 Å². The highest BCUT2D eigenvalue weighted by molar-refractivity contribution is 7.90. The zero-order valence-electron chi connectivity index (χ0n) is 25.0. The second kappa shape index (κ2) is 13.0. The fourth-order valence-corrected chi connectivity index (χ4v) is 4.71. The van der Waals surface area contributed by atoms with Crippen molar-refractivity contribution in [3.63, 3.8) is 0 Å². The fraction of sp³-hybridized carbons (Fsp3) is 0.444. The Bertz CT molecular complexity index is 1620. The Morgan fingerprint density at radius 1 is 1.07 bits per heavy atom. The predicted octanol–water partition coefficient (Wildman–Crippen LogP) is 4.46. The molecule has 2 aromatic heterocycles. The molecule has 0 saturated carbocycles. The minimum absolute atomic E-state index is 0.00684. The van der Waals surface area contributed by atoms with Gasteiger partial charge in [-0.25, -0.2) is 32.2 Å². The third kappa shape index (κ3) is 8.26. The molecule has 0 aliphatic heterocycles. The number of anilines is 2. The quantitative estimate of drug-likeness (QED) is 0.240. The number of carbonyl (C=O) groups is 3. The van der Waals surface area contributed by atoms with Gasteiger partial charge >= 0.3 is 18.2 Å². The summed E-state index contributed by atoms with van der Waals surface area (Å²) in [5.74, 6) is -1.39. The molecule has 0 aliphatic carbocycles. The molecule has 43 heavy (non-hydrogen) atoms. The first kappa shape index (κ1) is 33.4. The van der Waals surface area contributed by atoms with Crippen LogP contribution in [0.2, 0.25) is 5.02 Å². The number of amides is 2.